The van der Waals surface area contributed by atoms with Gasteiger partial charge in [0.1, 0.15) is 0 Å². The molecule has 0 aliphatic heterocycles. The van der Waals surface area contributed by atoms with E-state index in [-0.39, 0.29) is 5.75 Å². The van der Waals surface area contributed by atoms with Gasteiger partial charge in [-0.15, -0.1) is 0 Å². The van der Waals surface area contributed by atoms with E-state index in [0.717, 1.165) is 16.5 Å². The Labute approximate surface area is 134 Å². The lowest BCUT2D eigenvalue weighted by molar-refractivity contribution is 0.369. The Morgan fingerprint density at radius 3 is 2.57 bits per heavy atom. The number of rotatable bonds is 6. The van der Waals surface area contributed by atoms with Gasteiger partial charge in [-0.05, 0) is 37.1 Å². The lowest BCUT2D eigenvalue weighted by Crippen LogP contribution is -2.27. The molecule has 2 N–H and O–H groups in total. The fourth-order valence-corrected chi connectivity index (χ4v) is 2.47. The van der Waals surface area contributed by atoms with Gasteiger partial charge >= 0.3 is 0 Å². The zero-order valence-corrected chi connectivity index (χ0v) is 13.9. The largest absolute Gasteiger partial charge is 0.504 e. The number of hydrogen-bond donors (Lipinski definition) is 2. The summed E-state index contributed by atoms with van der Waals surface area (Å²) in [6, 6.07) is 14.2. The van der Waals surface area contributed by atoms with Gasteiger partial charge in [-0.25, -0.2) is 0 Å². The number of nitrogens with one attached hydrogen (secondary N) is 1. The van der Waals surface area contributed by atoms with Crippen molar-refractivity contribution in [3.63, 3.8) is 0 Å². The van der Waals surface area contributed by atoms with Crippen LogP contribution >= 0.6 is 15.9 Å². The highest BCUT2D eigenvalue weighted by molar-refractivity contribution is 9.10. The highest BCUT2D eigenvalue weighted by Gasteiger charge is 2.09. The number of hydrogen-bond acceptors (Lipinski definition) is 3. The molecule has 0 saturated carbocycles. The minimum atomic E-state index is 0.211. The normalized spacial score (nSPS) is 12.1. The first kappa shape index (κ1) is 15.9. The molecule has 0 amide bonds. The number of phenolic OH excluding ortho intramolecular Hbond substituents is 1. The number of halogens is 1. The van der Waals surface area contributed by atoms with Crippen molar-refractivity contribution in [2.24, 2.45) is 0 Å². The molecule has 112 valence electrons. The predicted octanol–water partition coefficient (Wildman–Crippen LogP) is 3.88. The van der Waals surface area contributed by atoms with Crippen LogP contribution in [0.3, 0.4) is 0 Å². The minimum absolute atomic E-state index is 0.211. The van der Waals surface area contributed by atoms with E-state index < -0.39 is 0 Å². The van der Waals surface area contributed by atoms with Crippen molar-refractivity contribution < 1.29 is 9.84 Å². The second-order valence-electron chi connectivity index (χ2n) is 5.08. The van der Waals surface area contributed by atoms with E-state index >= 15 is 0 Å². The van der Waals surface area contributed by atoms with Gasteiger partial charge in [0.05, 0.1) is 7.11 Å². The second kappa shape index (κ2) is 7.48. The Kier molecular flexibility index (Phi) is 5.65. The average Bonchev–Trinajstić information content (AvgIpc) is 2.48. The zero-order valence-electron chi connectivity index (χ0n) is 12.3. The molecule has 0 saturated heterocycles. The van der Waals surface area contributed by atoms with Crippen molar-refractivity contribution >= 4 is 15.9 Å². The van der Waals surface area contributed by atoms with Gasteiger partial charge in [-0.1, -0.05) is 40.2 Å². The number of benzene rings is 2. The van der Waals surface area contributed by atoms with E-state index in [2.05, 4.69) is 52.4 Å². The van der Waals surface area contributed by atoms with E-state index in [1.54, 1.807) is 13.2 Å². The van der Waals surface area contributed by atoms with Gasteiger partial charge in [0.2, 0.25) is 0 Å². The molecule has 0 fully saturated rings. The molecule has 21 heavy (non-hydrogen) atoms. The molecular formula is C17H20BrNO2. The molecule has 2 aromatic rings. The van der Waals surface area contributed by atoms with Gasteiger partial charge < -0.3 is 15.2 Å². The number of phenols is 1. The van der Waals surface area contributed by atoms with Crippen molar-refractivity contribution in [1.82, 2.24) is 5.32 Å². The molecule has 0 aliphatic carbocycles. The van der Waals surface area contributed by atoms with Crippen LogP contribution in [0.15, 0.2) is 46.9 Å². The molecule has 4 heteroatoms. The summed E-state index contributed by atoms with van der Waals surface area (Å²) in [6.07, 6.45) is 0.942. The van der Waals surface area contributed by atoms with Crippen molar-refractivity contribution in [2.45, 2.75) is 25.9 Å². The van der Waals surface area contributed by atoms with Crippen molar-refractivity contribution in [3.8, 4) is 11.5 Å². The maximum Gasteiger partial charge on any atom is 0.162 e. The van der Waals surface area contributed by atoms with Crippen LogP contribution in [0.2, 0.25) is 0 Å². The maximum absolute atomic E-state index is 10.1. The van der Waals surface area contributed by atoms with Crippen LogP contribution in [-0.4, -0.2) is 18.3 Å². The summed E-state index contributed by atoms with van der Waals surface area (Å²) >= 11 is 3.44. The molecule has 0 aliphatic rings. The number of para-hydroxylation sites is 1. The molecule has 2 aromatic carbocycles. The van der Waals surface area contributed by atoms with Crippen LogP contribution in [0.5, 0.6) is 11.5 Å². The van der Waals surface area contributed by atoms with E-state index in [4.69, 9.17) is 4.74 Å². The second-order valence-corrected chi connectivity index (χ2v) is 6.00. The maximum atomic E-state index is 10.1. The van der Waals surface area contributed by atoms with E-state index in [9.17, 15) is 5.11 Å². The molecule has 1 unspecified atom stereocenters. The number of methoxy groups -OCH3 is 1. The lowest BCUT2D eigenvalue weighted by Gasteiger charge is -2.15. The third-order valence-electron chi connectivity index (χ3n) is 3.40. The van der Waals surface area contributed by atoms with Gasteiger partial charge in [-0.3, -0.25) is 0 Å². The highest BCUT2D eigenvalue weighted by atomic mass is 79.9. The first-order chi connectivity index (χ1) is 10.1. The Hall–Kier alpha value is -1.52. The third-order valence-corrected chi connectivity index (χ3v) is 3.93. The Balaban J connectivity index is 1.92. The number of ether oxygens (including phenoxy) is 1. The van der Waals surface area contributed by atoms with Gasteiger partial charge in [0, 0.05) is 22.6 Å². The highest BCUT2D eigenvalue weighted by Crippen LogP contribution is 2.29. The van der Waals surface area contributed by atoms with E-state index in [0.29, 0.717) is 18.3 Å². The molecule has 0 aromatic heterocycles. The van der Waals surface area contributed by atoms with Crippen LogP contribution in [0.1, 0.15) is 18.1 Å². The summed E-state index contributed by atoms with van der Waals surface area (Å²) in [5, 5.41) is 13.5. The van der Waals surface area contributed by atoms with Crippen LogP contribution < -0.4 is 10.1 Å². The van der Waals surface area contributed by atoms with Crippen molar-refractivity contribution in [1.29, 1.82) is 0 Å². The van der Waals surface area contributed by atoms with E-state index in [1.165, 1.54) is 5.56 Å². The third kappa shape index (κ3) is 4.48. The summed E-state index contributed by atoms with van der Waals surface area (Å²) < 4.78 is 6.21. The van der Waals surface area contributed by atoms with Crippen molar-refractivity contribution in [2.75, 3.05) is 7.11 Å². The summed E-state index contributed by atoms with van der Waals surface area (Å²) in [5.74, 6) is 0.721. The molecule has 0 bridgehead atoms. The first-order valence-corrected chi connectivity index (χ1v) is 7.72. The Morgan fingerprint density at radius 1 is 1.19 bits per heavy atom. The molecule has 2 rings (SSSR count). The molecule has 1 atom stereocenters. The monoisotopic (exact) mass is 349 g/mol. The van der Waals surface area contributed by atoms with Crippen LogP contribution in [0.4, 0.5) is 0 Å². The van der Waals surface area contributed by atoms with E-state index in [1.807, 2.05) is 12.1 Å². The van der Waals surface area contributed by atoms with Gasteiger partial charge in [0.25, 0.3) is 0 Å². The fraction of sp³-hybridized carbons (Fsp3) is 0.294. The summed E-state index contributed by atoms with van der Waals surface area (Å²) in [4.78, 5) is 0. The quantitative estimate of drug-likeness (QED) is 0.831. The molecule has 0 radical (unpaired) electrons. The predicted molar refractivity (Wildman–Crippen MR) is 88.8 cm³/mol. The smallest absolute Gasteiger partial charge is 0.162 e. The van der Waals surface area contributed by atoms with Crippen LogP contribution in [0.25, 0.3) is 0 Å². The molecule has 0 heterocycles. The molecular weight excluding hydrogens is 330 g/mol. The molecule has 0 spiro atoms. The minimum Gasteiger partial charge on any atom is -0.504 e. The van der Waals surface area contributed by atoms with Crippen LogP contribution in [0, 0.1) is 0 Å². The summed E-state index contributed by atoms with van der Waals surface area (Å²) in [6.45, 7) is 2.75. The Morgan fingerprint density at radius 2 is 1.90 bits per heavy atom. The van der Waals surface area contributed by atoms with Gasteiger partial charge in [-0.2, -0.15) is 0 Å². The fourth-order valence-electron chi connectivity index (χ4n) is 2.21. The molecule has 3 nitrogen and oxygen atoms in total. The standard InChI is InChI=1S/C17H20BrNO2/c1-12(10-13-6-8-15(18)9-7-13)19-11-14-4-3-5-16(21-2)17(14)20/h3-9,12,19-20H,10-11H2,1-2H3. The van der Waals surface area contributed by atoms with Crippen LogP contribution in [-0.2, 0) is 13.0 Å². The SMILES string of the molecule is COc1cccc(CNC(C)Cc2ccc(Br)cc2)c1O. The average molecular weight is 350 g/mol. The van der Waals surface area contributed by atoms with Crippen molar-refractivity contribution in [3.05, 3.63) is 58.1 Å². The zero-order chi connectivity index (χ0) is 15.2. The summed E-state index contributed by atoms with van der Waals surface area (Å²) in [5.41, 5.74) is 2.13. The number of aromatic hydroxyl groups is 1. The first-order valence-electron chi connectivity index (χ1n) is 6.93. The summed E-state index contributed by atoms with van der Waals surface area (Å²) in [7, 11) is 1.56. The topological polar surface area (TPSA) is 41.5 Å². The lowest BCUT2D eigenvalue weighted by atomic mass is 10.1. The Bertz CT molecular complexity index is 584. The van der Waals surface area contributed by atoms with Gasteiger partial charge in [0.15, 0.2) is 11.5 Å².